The van der Waals surface area contributed by atoms with E-state index in [9.17, 15) is 8.42 Å². The van der Waals surface area contributed by atoms with Crippen molar-refractivity contribution < 1.29 is 8.42 Å². The van der Waals surface area contributed by atoms with E-state index in [0.717, 1.165) is 32.6 Å². The Kier molecular flexibility index (Phi) is 5.63. The van der Waals surface area contributed by atoms with Gasteiger partial charge in [0.25, 0.3) is 0 Å². The first kappa shape index (κ1) is 13.9. The molecule has 0 bridgehead atoms. The molecule has 0 amide bonds. The van der Waals surface area contributed by atoms with Crippen LogP contribution in [0.1, 0.15) is 12.8 Å². The summed E-state index contributed by atoms with van der Waals surface area (Å²) in [5.74, 6) is 0.163. The summed E-state index contributed by atoms with van der Waals surface area (Å²) in [4.78, 5) is 4.79. The molecule has 0 aromatic carbocycles. The fraction of sp³-hybridized carbons (Fsp3) is 1.00. The number of rotatable bonds is 6. The van der Waals surface area contributed by atoms with Gasteiger partial charge in [-0.15, -0.1) is 4.83 Å². The summed E-state index contributed by atoms with van der Waals surface area (Å²) in [7, 11) is -1.13. The molecule has 0 aliphatic carbocycles. The van der Waals surface area contributed by atoms with Crippen LogP contribution in [0.15, 0.2) is 0 Å². The summed E-state index contributed by atoms with van der Waals surface area (Å²) in [6, 6.07) is 0. The monoisotopic (exact) mass is 250 g/mol. The Hall–Kier alpha value is -0.210. The van der Waals surface area contributed by atoms with Crippen molar-refractivity contribution in [3.8, 4) is 0 Å². The average Bonchev–Trinajstić information content (AvgIpc) is 2.21. The highest BCUT2D eigenvalue weighted by Crippen LogP contribution is 1.99. The van der Waals surface area contributed by atoms with Crippen molar-refractivity contribution >= 4 is 10.0 Å². The van der Waals surface area contributed by atoms with Crippen LogP contribution in [0.25, 0.3) is 0 Å². The maximum absolute atomic E-state index is 11.6. The molecule has 0 aromatic heterocycles. The lowest BCUT2D eigenvalue weighted by Crippen LogP contribution is -2.52. The molecule has 1 fully saturated rings. The van der Waals surface area contributed by atoms with Crippen LogP contribution in [-0.4, -0.2) is 63.9 Å². The highest BCUT2D eigenvalue weighted by molar-refractivity contribution is 7.89. The number of hydrogen-bond acceptors (Lipinski definition) is 5. The zero-order valence-electron chi connectivity index (χ0n) is 9.85. The van der Waals surface area contributed by atoms with Crippen LogP contribution < -0.4 is 10.6 Å². The number of unbranched alkanes of at least 4 members (excludes halogenated alkanes) is 1. The van der Waals surface area contributed by atoms with Crippen LogP contribution >= 0.6 is 0 Å². The van der Waals surface area contributed by atoms with Crippen LogP contribution in [-0.2, 0) is 10.0 Å². The van der Waals surface area contributed by atoms with Gasteiger partial charge in [-0.1, -0.05) is 0 Å². The topological polar surface area (TPSA) is 78.7 Å². The van der Waals surface area contributed by atoms with Gasteiger partial charge in [-0.25, -0.2) is 13.4 Å². The number of sulfonamides is 1. The molecule has 7 heteroatoms. The van der Waals surface area contributed by atoms with Crippen molar-refractivity contribution in [3.63, 3.8) is 0 Å². The SMILES string of the molecule is CN1CCN(NS(=O)(=O)CCCCN)CC1. The lowest BCUT2D eigenvalue weighted by atomic mass is 10.3. The number of nitrogens with two attached hydrogens (primary N) is 1. The minimum absolute atomic E-state index is 0.163. The Morgan fingerprint density at radius 3 is 2.38 bits per heavy atom. The van der Waals surface area contributed by atoms with E-state index < -0.39 is 10.0 Å². The van der Waals surface area contributed by atoms with Gasteiger partial charge in [-0.05, 0) is 26.4 Å². The van der Waals surface area contributed by atoms with Gasteiger partial charge in [0, 0.05) is 26.2 Å². The number of nitrogens with one attached hydrogen (secondary N) is 1. The molecule has 16 heavy (non-hydrogen) atoms. The van der Waals surface area contributed by atoms with Gasteiger partial charge in [0.05, 0.1) is 5.75 Å². The zero-order valence-corrected chi connectivity index (χ0v) is 10.7. The second-order valence-electron chi connectivity index (χ2n) is 4.20. The Balaban J connectivity index is 2.29. The first-order valence-corrected chi connectivity index (χ1v) is 7.32. The van der Waals surface area contributed by atoms with E-state index in [4.69, 9.17) is 5.73 Å². The van der Waals surface area contributed by atoms with Gasteiger partial charge >= 0.3 is 0 Å². The van der Waals surface area contributed by atoms with Crippen molar-refractivity contribution in [1.29, 1.82) is 0 Å². The van der Waals surface area contributed by atoms with Crippen LogP contribution in [0.4, 0.5) is 0 Å². The maximum Gasteiger partial charge on any atom is 0.224 e. The predicted octanol–water partition coefficient (Wildman–Crippen LogP) is -1.19. The van der Waals surface area contributed by atoms with E-state index >= 15 is 0 Å². The largest absolute Gasteiger partial charge is 0.330 e. The van der Waals surface area contributed by atoms with Crippen LogP contribution in [0.2, 0.25) is 0 Å². The summed E-state index contributed by atoms with van der Waals surface area (Å²) >= 11 is 0. The van der Waals surface area contributed by atoms with Gasteiger partial charge < -0.3 is 10.6 Å². The molecule has 0 atom stereocenters. The summed E-state index contributed by atoms with van der Waals surface area (Å²) in [6.07, 6.45) is 1.38. The summed E-state index contributed by atoms with van der Waals surface area (Å²) < 4.78 is 23.3. The Morgan fingerprint density at radius 1 is 1.19 bits per heavy atom. The van der Waals surface area contributed by atoms with E-state index in [1.807, 2.05) is 7.05 Å². The van der Waals surface area contributed by atoms with E-state index in [1.54, 1.807) is 5.01 Å². The third-order valence-corrected chi connectivity index (χ3v) is 4.00. The van der Waals surface area contributed by atoms with E-state index in [2.05, 4.69) is 9.73 Å². The zero-order chi connectivity index (χ0) is 12.0. The molecular formula is C9H22N4O2S. The minimum Gasteiger partial charge on any atom is -0.330 e. The maximum atomic E-state index is 11.6. The number of nitrogens with zero attached hydrogens (tertiary/aromatic N) is 2. The van der Waals surface area contributed by atoms with Gasteiger partial charge in [-0.2, -0.15) is 0 Å². The molecule has 1 aliphatic heterocycles. The van der Waals surface area contributed by atoms with Crippen molar-refractivity contribution in [1.82, 2.24) is 14.7 Å². The number of hydrogen-bond donors (Lipinski definition) is 2. The second kappa shape index (κ2) is 6.51. The molecule has 0 radical (unpaired) electrons. The average molecular weight is 250 g/mol. The highest BCUT2D eigenvalue weighted by atomic mass is 32.2. The molecule has 0 saturated carbocycles. The molecular weight excluding hydrogens is 228 g/mol. The fourth-order valence-electron chi connectivity index (χ4n) is 1.58. The normalized spacial score (nSPS) is 20.1. The summed E-state index contributed by atoms with van der Waals surface area (Å²) in [6.45, 7) is 3.82. The molecule has 0 aromatic rings. The minimum atomic E-state index is -3.17. The Labute approximate surface area is 97.8 Å². The first-order chi connectivity index (χ1) is 7.53. The molecule has 1 saturated heterocycles. The number of piperazine rings is 1. The quantitative estimate of drug-likeness (QED) is 0.579. The van der Waals surface area contributed by atoms with Crippen molar-refractivity contribution in [2.45, 2.75) is 12.8 Å². The van der Waals surface area contributed by atoms with E-state index in [1.165, 1.54) is 0 Å². The van der Waals surface area contributed by atoms with Crippen LogP contribution in [0.5, 0.6) is 0 Å². The molecule has 0 spiro atoms. The van der Waals surface area contributed by atoms with E-state index in [0.29, 0.717) is 13.0 Å². The van der Waals surface area contributed by atoms with Gasteiger partial charge in [0.2, 0.25) is 10.0 Å². The van der Waals surface area contributed by atoms with Gasteiger partial charge in [0.1, 0.15) is 0 Å². The van der Waals surface area contributed by atoms with Crippen molar-refractivity contribution in [2.24, 2.45) is 5.73 Å². The third-order valence-electron chi connectivity index (χ3n) is 2.64. The van der Waals surface area contributed by atoms with Gasteiger partial charge in [-0.3, -0.25) is 0 Å². The van der Waals surface area contributed by atoms with Crippen LogP contribution in [0.3, 0.4) is 0 Å². The molecule has 96 valence electrons. The number of likely N-dealkylation sites (N-methyl/N-ethyl adjacent to an activating group) is 1. The number of hydrazine groups is 1. The summed E-state index contributed by atoms with van der Waals surface area (Å²) in [5.41, 5.74) is 5.33. The summed E-state index contributed by atoms with van der Waals surface area (Å²) in [5, 5.41) is 1.78. The van der Waals surface area contributed by atoms with E-state index in [-0.39, 0.29) is 5.75 Å². The van der Waals surface area contributed by atoms with Gasteiger partial charge in [0.15, 0.2) is 0 Å². The van der Waals surface area contributed by atoms with Crippen LogP contribution in [0, 0.1) is 0 Å². The lowest BCUT2D eigenvalue weighted by molar-refractivity contribution is 0.135. The Bertz CT molecular complexity index is 286. The first-order valence-electron chi connectivity index (χ1n) is 5.67. The molecule has 1 aliphatic rings. The predicted molar refractivity (Wildman–Crippen MR) is 64.3 cm³/mol. The molecule has 1 rings (SSSR count). The molecule has 3 N–H and O–H groups in total. The van der Waals surface area contributed by atoms with Crippen molar-refractivity contribution in [3.05, 3.63) is 0 Å². The smallest absolute Gasteiger partial charge is 0.224 e. The highest BCUT2D eigenvalue weighted by Gasteiger charge is 2.18. The standard InChI is InChI=1S/C9H22N4O2S/c1-12-5-7-13(8-6-12)11-16(14,15)9-3-2-4-10/h11H,2-10H2,1H3. The fourth-order valence-corrected chi connectivity index (χ4v) is 2.83. The molecule has 1 heterocycles. The Morgan fingerprint density at radius 2 is 1.81 bits per heavy atom. The third kappa shape index (κ3) is 5.22. The molecule has 0 unspecified atom stereocenters. The lowest BCUT2D eigenvalue weighted by Gasteiger charge is -2.32. The second-order valence-corrected chi connectivity index (χ2v) is 6.02. The van der Waals surface area contributed by atoms with Crippen molar-refractivity contribution in [2.75, 3.05) is 45.5 Å². The molecule has 6 nitrogen and oxygen atoms in total.